The molecule has 26 heavy (non-hydrogen) atoms. The Balaban J connectivity index is 1.71. The largest absolute Gasteiger partial charge is 0.447 e. The fourth-order valence-electron chi connectivity index (χ4n) is 2.35. The summed E-state index contributed by atoms with van der Waals surface area (Å²) in [6.45, 7) is 0. The van der Waals surface area contributed by atoms with Gasteiger partial charge in [-0.15, -0.1) is 11.3 Å². The van der Waals surface area contributed by atoms with E-state index in [1.54, 1.807) is 37.6 Å². The van der Waals surface area contributed by atoms with Crippen molar-refractivity contribution in [3.05, 3.63) is 63.8 Å². The van der Waals surface area contributed by atoms with Gasteiger partial charge in [0.1, 0.15) is 5.01 Å². The monoisotopic (exact) mass is 386 g/mol. The molecule has 2 heterocycles. The minimum atomic E-state index is -0.950. The van der Waals surface area contributed by atoms with Gasteiger partial charge in [0.25, 0.3) is 5.91 Å². The van der Waals surface area contributed by atoms with E-state index in [2.05, 4.69) is 4.98 Å². The molecule has 0 N–H and O–H groups in total. The van der Waals surface area contributed by atoms with Crippen LogP contribution in [-0.4, -0.2) is 35.9 Å². The number of carbonyl (C=O) groups is 2. The van der Waals surface area contributed by atoms with Gasteiger partial charge in [-0.25, -0.2) is 4.98 Å². The van der Waals surface area contributed by atoms with Crippen molar-refractivity contribution in [2.75, 3.05) is 14.1 Å². The van der Waals surface area contributed by atoms with Crippen molar-refractivity contribution < 1.29 is 14.3 Å². The third-order valence-electron chi connectivity index (χ3n) is 3.66. The highest BCUT2D eigenvalue weighted by atomic mass is 32.1. The number of rotatable bonds is 6. The molecule has 0 aliphatic carbocycles. The Kier molecular flexibility index (Phi) is 5.80. The van der Waals surface area contributed by atoms with E-state index in [0.717, 1.165) is 10.6 Å². The minimum Gasteiger partial charge on any atom is -0.447 e. The number of amides is 1. The average Bonchev–Trinajstić information content (AvgIpc) is 3.31. The molecule has 1 aromatic carbocycles. The highest BCUT2D eigenvalue weighted by Gasteiger charge is 2.26. The summed E-state index contributed by atoms with van der Waals surface area (Å²) in [7, 11) is 3.28. The molecule has 1 atom stereocenters. The van der Waals surface area contributed by atoms with Crippen LogP contribution in [-0.2, 0) is 20.7 Å². The van der Waals surface area contributed by atoms with E-state index < -0.39 is 12.1 Å². The lowest BCUT2D eigenvalue weighted by atomic mass is 10.1. The van der Waals surface area contributed by atoms with Crippen LogP contribution in [0.1, 0.15) is 17.4 Å². The Hall–Kier alpha value is -2.51. The van der Waals surface area contributed by atoms with Crippen molar-refractivity contribution >= 4 is 34.6 Å². The highest BCUT2D eigenvalue weighted by molar-refractivity contribution is 7.14. The van der Waals surface area contributed by atoms with E-state index in [4.69, 9.17) is 4.74 Å². The first kappa shape index (κ1) is 18.3. The zero-order chi connectivity index (χ0) is 18.5. The first-order chi connectivity index (χ1) is 12.5. The Labute approximate surface area is 159 Å². The Morgan fingerprint density at radius 3 is 2.58 bits per heavy atom. The Morgan fingerprint density at radius 2 is 1.92 bits per heavy atom. The number of esters is 1. The van der Waals surface area contributed by atoms with Gasteiger partial charge in [0.15, 0.2) is 0 Å². The van der Waals surface area contributed by atoms with E-state index in [0.29, 0.717) is 11.3 Å². The summed E-state index contributed by atoms with van der Waals surface area (Å²) in [5.41, 5.74) is 2.34. The van der Waals surface area contributed by atoms with Gasteiger partial charge >= 0.3 is 5.97 Å². The Morgan fingerprint density at radius 1 is 1.15 bits per heavy atom. The third-order valence-corrected chi connectivity index (χ3v) is 5.29. The molecule has 0 aliphatic rings. The molecule has 5 nitrogen and oxygen atoms in total. The van der Waals surface area contributed by atoms with Crippen molar-refractivity contribution in [1.29, 1.82) is 0 Å². The lowest BCUT2D eigenvalue weighted by molar-refractivity contribution is -0.159. The number of thiophene rings is 1. The van der Waals surface area contributed by atoms with Gasteiger partial charge < -0.3 is 9.64 Å². The normalized spacial score (nSPS) is 11.8. The van der Waals surface area contributed by atoms with Crippen molar-refractivity contribution in [1.82, 2.24) is 9.88 Å². The van der Waals surface area contributed by atoms with Gasteiger partial charge in [-0.3, -0.25) is 9.59 Å². The summed E-state index contributed by atoms with van der Waals surface area (Å²) in [5, 5.41) is 6.72. The molecule has 7 heteroatoms. The van der Waals surface area contributed by atoms with Gasteiger partial charge in [-0.05, 0) is 11.4 Å². The van der Waals surface area contributed by atoms with E-state index in [1.165, 1.54) is 16.2 Å². The summed E-state index contributed by atoms with van der Waals surface area (Å²) >= 11 is 3.09. The summed E-state index contributed by atoms with van der Waals surface area (Å²) in [6, 6.07) is 11.0. The van der Waals surface area contributed by atoms with Gasteiger partial charge in [0.05, 0.1) is 12.1 Å². The van der Waals surface area contributed by atoms with Gasteiger partial charge in [-0.2, -0.15) is 11.3 Å². The lowest BCUT2D eigenvalue weighted by Gasteiger charge is -2.21. The number of carbonyl (C=O) groups excluding carboxylic acids is 2. The quantitative estimate of drug-likeness (QED) is 0.605. The van der Waals surface area contributed by atoms with Gasteiger partial charge in [0.2, 0.25) is 6.10 Å². The third kappa shape index (κ3) is 4.36. The number of aromatic nitrogens is 1. The lowest BCUT2D eigenvalue weighted by Crippen LogP contribution is -2.31. The number of hydrogen-bond donors (Lipinski definition) is 0. The van der Waals surface area contributed by atoms with Crippen molar-refractivity contribution in [2.24, 2.45) is 0 Å². The van der Waals surface area contributed by atoms with Crippen molar-refractivity contribution in [2.45, 2.75) is 12.5 Å². The molecule has 3 rings (SSSR count). The molecule has 0 aliphatic heterocycles. The maximum absolute atomic E-state index is 12.4. The Bertz CT molecular complexity index is 873. The maximum atomic E-state index is 12.4. The second-order valence-corrected chi connectivity index (χ2v) is 7.48. The van der Waals surface area contributed by atoms with Crippen LogP contribution in [0, 0.1) is 0 Å². The maximum Gasteiger partial charge on any atom is 0.313 e. The molecule has 0 fully saturated rings. The van der Waals surface area contributed by atoms with E-state index >= 15 is 0 Å². The van der Waals surface area contributed by atoms with Crippen LogP contribution in [0.15, 0.2) is 52.5 Å². The van der Waals surface area contributed by atoms with Crippen LogP contribution in [0.5, 0.6) is 0 Å². The molecular formula is C19H18N2O3S2. The summed E-state index contributed by atoms with van der Waals surface area (Å²) in [5.74, 6) is -0.752. The zero-order valence-corrected chi connectivity index (χ0v) is 16.0. The molecule has 0 bridgehead atoms. The number of hydrogen-bond acceptors (Lipinski definition) is 6. The predicted molar refractivity (Wildman–Crippen MR) is 103 cm³/mol. The summed E-state index contributed by atoms with van der Waals surface area (Å²) < 4.78 is 5.50. The van der Waals surface area contributed by atoms with Crippen LogP contribution in [0.3, 0.4) is 0 Å². The van der Waals surface area contributed by atoms with Crippen LogP contribution >= 0.6 is 22.7 Å². The molecule has 2 aromatic heterocycles. The van der Waals surface area contributed by atoms with E-state index in [-0.39, 0.29) is 12.3 Å². The predicted octanol–water partition coefficient (Wildman–Crippen LogP) is 3.79. The molecule has 0 saturated carbocycles. The van der Waals surface area contributed by atoms with Crippen molar-refractivity contribution in [3.63, 3.8) is 0 Å². The molecule has 0 saturated heterocycles. The van der Waals surface area contributed by atoms with Crippen LogP contribution in [0.2, 0.25) is 0 Å². The van der Waals surface area contributed by atoms with Gasteiger partial charge in [0, 0.05) is 36.0 Å². The molecule has 0 unspecified atom stereocenters. The average molecular weight is 386 g/mol. The molecule has 0 radical (unpaired) electrons. The fraction of sp³-hybridized carbons (Fsp3) is 0.211. The number of thiazole rings is 1. The standard InChI is InChI=1S/C19H18N2O3S2/c1-21(2)19(23)17(13-6-4-3-5-7-13)24-16(22)10-15-12-26-18(20-15)14-8-9-25-11-14/h3-9,11-12,17H,10H2,1-2H3/t17-/m0/s1. The minimum absolute atomic E-state index is 0.0324. The number of nitrogens with zero attached hydrogens (tertiary/aromatic N) is 2. The SMILES string of the molecule is CN(C)C(=O)[C@@H](OC(=O)Cc1csc(-c2ccsc2)n1)c1ccccc1. The second kappa shape index (κ2) is 8.25. The molecule has 3 aromatic rings. The van der Waals surface area contributed by atoms with Crippen LogP contribution < -0.4 is 0 Å². The number of benzene rings is 1. The summed E-state index contributed by atoms with van der Waals surface area (Å²) in [6.07, 6.45) is -0.918. The molecule has 134 valence electrons. The van der Waals surface area contributed by atoms with E-state index in [9.17, 15) is 9.59 Å². The summed E-state index contributed by atoms with van der Waals surface area (Å²) in [4.78, 5) is 30.7. The fourth-order valence-corrected chi connectivity index (χ4v) is 3.88. The number of likely N-dealkylation sites (N-methyl/N-ethyl adjacent to an activating group) is 1. The van der Waals surface area contributed by atoms with Crippen LogP contribution in [0.25, 0.3) is 10.6 Å². The number of ether oxygens (including phenoxy) is 1. The first-order valence-corrected chi connectivity index (χ1v) is 9.79. The zero-order valence-electron chi connectivity index (χ0n) is 14.4. The molecule has 0 spiro atoms. The topological polar surface area (TPSA) is 59.5 Å². The second-order valence-electron chi connectivity index (χ2n) is 5.85. The first-order valence-electron chi connectivity index (χ1n) is 7.97. The smallest absolute Gasteiger partial charge is 0.313 e. The van der Waals surface area contributed by atoms with Crippen molar-refractivity contribution in [3.8, 4) is 10.6 Å². The molecular weight excluding hydrogens is 368 g/mol. The molecule has 1 amide bonds. The highest BCUT2D eigenvalue weighted by Crippen LogP contribution is 2.26. The van der Waals surface area contributed by atoms with Crippen LogP contribution in [0.4, 0.5) is 0 Å². The van der Waals surface area contributed by atoms with Gasteiger partial charge in [-0.1, -0.05) is 30.3 Å². The van der Waals surface area contributed by atoms with E-state index in [1.807, 2.05) is 40.4 Å².